The average molecular weight is 275 g/mol. The lowest BCUT2D eigenvalue weighted by molar-refractivity contribution is -0.143. The molecule has 2 heterocycles. The normalized spacial score (nSPS) is 10.8. The summed E-state index contributed by atoms with van der Waals surface area (Å²) in [7, 11) is 0. The molecule has 0 aliphatic rings. The molecule has 0 spiro atoms. The summed E-state index contributed by atoms with van der Waals surface area (Å²) in [4.78, 5) is 19.6. The second-order valence-electron chi connectivity index (χ2n) is 4.77. The molecule has 108 valence electrons. The van der Waals surface area contributed by atoms with Gasteiger partial charge in [0.25, 0.3) is 0 Å². The molecule has 0 aliphatic heterocycles. The second kappa shape index (κ2) is 7.62. The summed E-state index contributed by atoms with van der Waals surface area (Å²) in [6, 6.07) is 1.92. The topological polar surface area (TPSA) is 57.0 Å². The van der Waals surface area contributed by atoms with Crippen molar-refractivity contribution in [2.24, 2.45) is 0 Å². The Balaban J connectivity index is 1.65. The Bertz CT molecular complexity index is 551. The highest BCUT2D eigenvalue weighted by Crippen LogP contribution is 2.12. The monoisotopic (exact) mass is 275 g/mol. The Hall–Kier alpha value is -1.91. The van der Waals surface area contributed by atoms with Crippen LogP contribution in [0.2, 0.25) is 0 Å². The molecule has 0 saturated heterocycles. The number of ether oxygens (including phenoxy) is 1. The van der Waals surface area contributed by atoms with Gasteiger partial charge >= 0.3 is 5.97 Å². The van der Waals surface area contributed by atoms with Gasteiger partial charge in [0.15, 0.2) is 0 Å². The first-order valence-electron chi connectivity index (χ1n) is 7.21. The lowest BCUT2D eigenvalue weighted by Crippen LogP contribution is -2.03. The molecular formula is C15H21N3O2. The first-order chi connectivity index (χ1) is 9.81. The fourth-order valence-corrected chi connectivity index (χ4v) is 2.22. The summed E-state index contributed by atoms with van der Waals surface area (Å²) in [5, 5.41) is 0. The third kappa shape index (κ3) is 4.05. The van der Waals surface area contributed by atoms with Crippen LogP contribution in [0, 0.1) is 0 Å². The van der Waals surface area contributed by atoms with Crippen LogP contribution in [0.4, 0.5) is 0 Å². The lowest BCUT2D eigenvalue weighted by Gasteiger charge is -2.04. The molecule has 0 aromatic carbocycles. The van der Waals surface area contributed by atoms with E-state index in [2.05, 4.69) is 14.5 Å². The molecule has 5 heteroatoms. The van der Waals surface area contributed by atoms with E-state index in [-0.39, 0.29) is 5.97 Å². The molecule has 2 aromatic heterocycles. The molecule has 20 heavy (non-hydrogen) atoms. The summed E-state index contributed by atoms with van der Waals surface area (Å²) in [6.45, 7) is 3.25. The molecule has 0 unspecified atom stereocenters. The zero-order chi connectivity index (χ0) is 14.2. The van der Waals surface area contributed by atoms with Gasteiger partial charge in [-0.2, -0.15) is 0 Å². The quantitative estimate of drug-likeness (QED) is 0.549. The van der Waals surface area contributed by atoms with Gasteiger partial charge in [-0.1, -0.05) is 12.8 Å². The zero-order valence-corrected chi connectivity index (χ0v) is 11.9. The van der Waals surface area contributed by atoms with Crippen LogP contribution in [-0.2, 0) is 16.1 Å². The molecule has 0 N–H and O–H groups in total. The van der Waals surface area contributed by atoms with Gasteiger partial charge in [-0.05, 0) is 25.8 Å². The highest BCUT2D eigenvalue weighted by atomic mass is 16.5. The minimum absolute atomic E-state index is 0.0841. The first kappa shape index (κ1) is 14.5. The van der Waals surface area contributed by atoms with E-state index in [9.17, 15) is 4.79 Å². The third-order valence-electron chi connectivity index (χ3n) is 3.26. The molecule has 0 amide bonds. The smallest absolute Gasteiger partial charge is 0.305 e. The molecule has 5 nitrogen and oxygen atoms in total. The Morgan fingerprint density at radius 1 is 1.30 bits per heavy atom. The molecule has 0 saturated carbocycles. The van der Waals surface area contributed by atoms with Gasteiger partial charge in [0.05, 0.1) is 30.2 Å². The van der Waals surface area contributed by atoms with E-state index >= 15 is 0 Å². The predicted molar refractivity (Wildman–Crippen MR) is 77.2 cm³/mol. The van der Waals surface area contributed by atoms with E-state index in [0.29, 0.717) is 13.0 Å². The van der Waals surface area contributed by atoms with Crippen LogP contribution in [0.15, 0.2) is 24.8 Å². The molecular weight excluding hydrogens is 254 g/mol. The van der Waals surface area contributed by atoms with Gasteiger partial charge < -0.3 is 9.30 Å². The van der Waals surface area contributed by atoms with E-state index in [1.54, 1.807) is 6.20 Å². The van der Waals surface area contributed by atoms with Crippen molar-refractivity contribution >= 4 is 17.0 Å². The predicted octanol–water partition coefficient (Wildman–Crippen LogP) is 2.94. The SMILES string of the molecule is CCOC(=O)CCCCCCn1cnc2ccncc21. The van der Waals surface area contributed by atoms with Crippen LogP contribution in [0.5, 0.6) is 0 Å². The van der Waals surface area contributed by atoms with Gasteiger partial charge in [-0.3, -0.25) is 9.78 Å². The Kier molecular flexibility index (Phi) is 5.53. The Labute approximate surface area is 119 Å². The van der Waals surface area contributed by atoms with Crippen LogP contribution in [0.1, 0.15) is 39.0 Å². The van der Waals surface area contributed by atoms with Gasteiger partial charge in [-0.15, -0.1) is 0 Å². The Morgan fingerprint density at radius 3 is 3.00 bits per heavy atom. The molecule has 0 atom stereocenters. The molecule has 2 rings (SSSR count). The molecule has 2 aromatic rings. The number of pyridine rings is 1. The number of rotatable bonds is 8. The summed E-state index contributed by atoms with van der Waals surface area (Å²) in [5.41, 5.74) is 2.07. The lowest BCUT2D eigenvalue weighted by atomic mass is 10.1. The van der Waals surface area contributed by atoms with Crippen molar-refractivity contribution < 1.29 is 9.53 Å². The van der Waals surface area contributed by atoms with Crippen molar-refractivity contribution in [3.63, 3.8) is 0 Å². The summed E-state index contributed by atoms with van der Waals surface area (Å²) >= 11 is 0. The highest BCUT2D eigenvalue weighted by Gasteiger charge is 2.03. The van der Waals surface area contributed by atoms with E-state index in [1.165, 1.54) is 0 Å². The maximum atomic E-state index is 11.2. The number of nitrogens with zero attached hydrogens (tertiary/aromatic N) is 3. The number of carbonyl (C=O) groups excluding carboxylic acids is 1. The highest BCUT2D eigenvalue weighted by molar-refractivity contribution is 5.73. The van der Waals surface area contributed by atoms with E-state index in [4.69, 9.17) is 4.74 Å². The first-order valence-corrected chi connectivity index (χ1v) is 7.21. The molecule has 0 bridgehead atoms. The number of hydrogen-bond donors (Lipinski definition) is 0. The van der Waals surface area contributed by atoms with Gasteiger partial charge in [0.1, 0.15) is 0 Å². The average Bonchev–Trinajstić information content (AvgIpc) is 2.86. The fourth-order valence-electron chi connectivity index (χ4n) is 2.22. The van der Waals surface area contributed by atoms with Crippen molar-refractivity contribution in [3.05, 3.63) is 24.8 Å². The van der Waals surface area contributed by atoms with Crippen molar-refractivity contribution in [1.82, 2.24) is 14.5 Å². The summed E-state index contributed by atoms with van der Waals surface area (Å²) in [5.74, 6) is -0.0841. The molecule has 0 aliphatic carbocycles. The number of esters is 1. The van der Waals surface area contributed by atoms with Crippen molar-refractivity contribution in [2.45, 2.75) is 45.6 Å². The number of fused-ring (bicyclic) bond motifs is 1. The number of unbranched alkanes of at least 4 members (excludes halogenated alkanes) is 3. The number of carbonyl (C=O) groups is 1. The van der Waals surface area contributed by atoms with Crippen LogP contribution >= 0.6 is 0 Å². The molecule has 0 radical (unpaired) electrons. The number of imidazole rings is 1. The fraction of sp³-hybridized carbons (Fsp3) is 0.533. The second-order valence-corrected chi connectivity index (χ2v) is 4.77. The van der Waals surface area contributed by atoms with E-state index in [1.807, 2.05) is 25.5 Å². The third-order valence-corrected chi connectivity index (χ3v) is 3.26. The number of aryl methyl sites for hydroxylation is 1. The standard InChI is InChI=1S/C15H21N3O2/c1-2-20-15(19)7-5-3-4-6-10-18-12-17-13-8-9-16-11-14(13)18/h8-9,11-12H,2-7,10H2,1H3. The Morgan fingerprint density at radius 2 is 2.15 bits per heavy atom. The number of hydrogen-bond acceptors (Lipinski definition) is 4. The molecule has 0 fully saturated rings. The minimum Gasteiger partial charge on any atom is -0.466 e. The van der Waals surface area contributed by atoms with Crippen LogP contribution in [0.25, 0.3) is 11.0 Å². The largest absolute Gasteiger partial charge is 0.466 e. The van der Waals surface area contributed by atoms with Crippen molar-refractivity contribution in [2.75, 3.05) is 6.61 Å². The van der Waals surface area contributed by atoms with Crippen molar-refractivity contribution in [1.29, 1.82) is 0 Å². The maximum absolute atomic E-state index is 11.2. The van der Waals surface area contributed by atoms with E-state index in [0.717, 1.165) is 43.3 Å². The minimum atomic E-state index is -0.0841. The van der Waals surface area contributed by atoms with Gasteiger partial charge in [0, 0.05) is 19.2 Å². The number of aromatic nitrogens is 3. The van der Waals surface area contributed by atoms with Crippen molar-refractivity contribution in [3.8, 4) is 0 Å². The summed E-state index contributed by atoms with van der Waals surface area (Å²) in [6.07, 6.45) is 10.2. The maximum Gasteiger partial charge on any atom is 0.305 e. The van der Waals surface area contributed by atoms with Gasteiger partial charge in [0.2, 0.25) is 0 Å². The van der Waals surface area contributed by atoms with Crippen LogP contribution in [0.3, 0.4) is 0 Å². The van der Waals surface area contributed by atoms with Crippen LogP contribution in [-0.4, -0.2) is 27.1 Å². The van der Waals surface area contributed by atoms with E-state index < -0.39 is 0 Å². The summed E-state index contributed by atoms with van der Waals surface area (Å²) < 4.78 is 7.03. The zero-order valence-electron chi connectivity index (χ0n) is 11.9. The van der Waals surface area contributed by atoms with Gasteiger partial charge in [-0.25, -0.2) is 4.98 Å². The van der Waals surface area contributed by atoms with Crippen LogP contribution < -0.4 is 0 Å².